The van der Waals surface area contributed by atoms with E-state index in [1.54, 1.807) is 20.0 Å². The SMILES string of the molecule is CNc1nc(C)c(CN(Cc2cc(C(F)(F)F)cc(C(F)(F)F)c2)/C(N=N)=N/N)cc1C(C)=N. The fraction of sp³-hybridized carbons (Fsp3) is 0.350. The summed E-state index contributed by atoms with van der Waals surface area (Å²) in [5.74, 6) is 5.27. The zero-order chi connectivity index (χ0) is 25.8. The summed E-state index contributed by atoms with van der Waals surface area (Å²) >= 11 is 0. The Bertz CT molecular complexity index is 1080. The van der Waals surface area contributed by atoms with Gasteiger partial charge in [-0.25, -0.2) is 10.5 Å². The molecular weight excluding hydrogens is 466 g/mol. The van der Waals surface area contributed by atoms with Gasteiger partial charge in [0.1, 0.15) is 5.82 Å². The minimum atomic E-state index is -5.01. The number of aryl methyl sites for hydroxylation is 1. The van der Waals surface area contributed by atoms with Gasteiger partial charge in [-0.1, -0.05) is 0 Å². The van der Waals surface area contributed by atoms with E-state index in [-0.39, 0.29) is 23.9 Å². The lowest BCUT2D eigenvalue weighted by molar-refractivity contribution is -0.143. The van der Waals surface area contributed by atoms with Gasteiger partial charge >= 0.3 is 12.4 Å². The molecule has 2 aromatic rings. The van der Waals surface area contributed by atoms with Crippen LogP contribution < -0.4 is 11.2 Å². The quantitative estimate of drug-likeness (QED) is 0.112. The number of benzene rings is 1. The van der Waals surface area contributed by atoms with Crippen molar-refractivity contribution in [1.82, 2.24) is 9.88 Å². The molecule has 0 spiro atoms. The number of aromatic nitrogens is 1. The third kappa shape index (κ3) is 6.20. The molecule has 1 aromatic carbocycles. The number of alkyl halides is 6. The molecule has 8 nitrogen and oxygen atoms in total. The van der Waals surface area contributed by atoms with Gasteiger partial charge < -0.3 is 21.5 Å². The molecule has 5 N–H and O–H groups in total. The van der Waals surface area contributed by atoms with E-state index in [0.29, 0.717) is 34.8 Å². The molecule has 184 valence electrons. The number of nitrogens with zero attached hydrogens (tertiary/aromatic N) is 4. The standard InChI is InChI=1S/C20H22F6N8/c1-10(27)16-6-13(11(2)31-17(16)30-3)9-34(18(32-28)33-29)8-12-4-14(19(21,22)23)7-15(5-12)20(24,25)26/h4-7,27-28H,8-9,29H2,1-3H3,(H,30,31)/b27-10?,32-28?,33-18+. The van der Waals surface area contributed by atoms with Crippen LogP contribution in [0.15, 0.2) is 34.5 Å². The number of hydrazone groups is 1. The normalized spacial score (nSPS) is 12.4. The molecule has 0 saturated carbocycles. The Kier molecular flexibility index (Phi) is 7.85. The lowest BCUT2D eigenvalue weighted by Crippen LogP contribution is -2.30. The highest BCUT2D eigenvalue weighted by molar-refractivity contribution is 6.00. The number of nitrogens with two attached hydrogens (primary N) is 1. The summed E-state index contributed by atoms with van der Waals surface area (Å²) in [6.45, 7) is 2.50. The smallest absolute Gasteiger partial charge is 0.373 e. The maximum atomic E-state index is 13.2. The number of rotatable bonds is 6. The van der Waals surface area contributed by atoms with Crippen LogP contribution in [0.3, 0.4) is 0 Å². The third-order valence-electron chi connectivity index (χ3n) is 4.84. The van der Waals surface area contributed by atoms with Gasteiger partial charge in [0.05, 0.1) is 11.1 Å². The molecule has 14 heteroatoms. The van der Waals surface area contributed by atoms with E-state index in [1.165, 1.54) is 6.92 Å². The molecule has 0 fully saturated rings. The zero-order valence-electron chi connectivity index (χ0n) is 18.4. The van der Waals surface area contributed by atoms with Crippen molar-refractivity contribution in [3.63, 3.8) is 0 Å². The molecule has 1 aromatic heterocycles. The summed E-state index contributed by atoms with van der Waals surface area (Å²) in [5.41, 5.74) is 5.58. The van der Waals surface area contributed by atoms with Crippen molar-refractivity contribution in [2.45, 2.75) is 39.3 Å². The third-order valence-corrected chi connectivity index (χ3v) is 4.84. The van der Waals surface area contributed by atoms with Gasteiger partial charge in [0.25, 0.3) is 5.96 Å². The van der Waals surface area contributed by atoms with E-state index < -0.39 is 36.0 Å². The monoisotopic (exact) mass is 488 g/mol. The number of nitrogens with one attached hydrogen (secondary N) is 3. The molecule has 0 unspecified atom stereocenters. The Morgan fingerprint density at radius 3 is 2.03 bits per heavy atom. The average molecular weight is 488 g/mol. The topological polar surface area (TPSA) is 127 Å². The van der Waals surface area contributed by atoms with Gasteiger partial charge in [-0.3, -0.25) is 0 Å². The van der Waals surface area contributed by atoms with Crippen LogP contribution in [0.1, 0.15) is 40.4 Å². The molecular formula is C20H22F6N8. The fourth-order valence-electron chi connectivity index (χ4n) is 3.20. The highest BCUT2D eigenvalue weighted by Gasteiger charge is 2.37. The second kappa shape index (κ2) is 10.1. The van der Waals surface area contributed by atoms with Crippen molar-refractivity contribution in [2.24, 2.45) is 16.1 Å². The van der Waals surface area contributed by atoms with Crippen LogP contribution in [0.25, 0.3) is 0 Å². The average Bonchev–Trinajstić information content (AvgIpc) is 2.73. The number of pyridine rings is 1. The van der Waals surface area contributed by atoms with Gasteiger partial charge in [0.15, 0.2) is 0 Å². The van der Waals surface area contributed by atoms with Crippen molar-refractivity contribution in [2.75, 3.05) is 12.4 Å². The Hall–Kier alpha value is -3.71. The minimum Gasteiger partial charge on any atom is -0.373 e. The van der Waals surface area contributed by atoms with Crippen LogP contribution in [-0.2, 0) is 25.4 Å². The van der Waals surface area contributed by atoms with E-state index in [0.717, 1.165) is 4.90 Å². The Balaban J connectivity index is 2.58. The summed E-state index contributed by atoms with van der Waals surface area (Å²) in [6.07, 6.45) is -10.0. The summed E-state index contributed by atoms with van der Waals surface area (Å²) in [4.78, 5) is 5.50. The van der Waals surface area contributed by atoms with Crippen LogP contribution in [0.4, 0.5) is 32.2 Å². The molecule has 0 aliphatic carbocycles. The van der Waals surface area contributed by atoms with Gasteiger partial charge in [-0.05, 0) is 49.2 Å². The van der Waals surface area contributed by atoms with Gasteiger partial charge in [0.2, 0.25) is 0 Å². The number of hydrogen-bond acceptors (Lipinski definition) is 6. The van der Waals surface area contributed by atoms with Gasteiger partial charge in [-0.2, -0.15) is 26.3 Å². The number of guanidine groups is 1. The molecule has 34 heavy (non-hydrogen) atoms. The van der Waals surface area contributed by atoms with Crippen LogP contribution in [-0.4, -0.2) is 28.6 Å². The molecule has 0 aliphatic heterocycles. The maximum absolute atomic E-state index is 13.2. The number of anilines is 1. The summed E-state index contributed by atoms with van der Waals surface area (Å²) in [5, 5.41) is 17.3. The molecule has 1 heterocycles. The van der Waals surface area contributed by atoms with Crippen LogP contribution in [0, 0.1) is 17.9 Å². The summed E-state index contributed by atoms with van der Waals surface area (Å²) in [7, 11) is 1.62. The van der Waals surface area contributed by atoms with Crippen molar-refractivity contribution in [3.05, 3.63) is 57.8 Å². The molecule has 0 bridgehead atoms. The Morgan fingerprint density at radius 2 is 1.62 bits per heavy atom. The van der Waals surface area contributed by atoms with E-state index in [9.17, 15) is 26.3 Å². The van der Waals surface area contributed by atoms with Crippen molar-refractivity contribution in [3.8, 4) is 0 Å². The molecule has 0 radical (unpaired) electrons. The predicted octanol–water partition coefficient (Wildman–Crippen LogP) is 5.12. The second-order valence-electron chi connectivity index (χ2n) is 7.32. The van der Waals surface area contributed by atoms with Crippen LogP contribution in [0.5, 0.6) is 0 Å². The number of halogens is 6. The van der Waals surface area contributed by atoms with Crippen LogP contribution >= 0.6 is 0 Å². The maximum Gasteiger partial charge on any atom is 0.416 e. The lowest BCUT2D eigenvalue weighted by Gasteiger charge is -2.25. The minimum absolute atomic E-state index is 0.0321. The van der Waals surface area contributed by atoms with Crippen molar-refractivity contribution >= 4 is 17.5 Å². The van der Waals surface area contributed by atoms with Crippen molar-refractivity contribution in [1.29, 1.82) is 10.9 Å². The number of hydrogen-bond donors (Lipinski definition) is 4. The predicted molar refractivity (Wildman–Crippen MR) is 113 cm³/mol. The Labute approximate surface area is 190 Å². The van der Waals surface area contributed by atoms with E-state index in [1.807, 2.05) is 0 Å². The molecule has 0 aliphatic rings. The highest BCUT2D eigenvalue weighted by atomic mass is 19.4. The first kappa shape index (κ1) is 26.5. The van der Waals surface area contributed by atoms with E-state index in [4.69, 9.17) is 16.8 Å². The summed E-state index contributed by atoms with van der Waals surface area (Å²) in [6, 6.07) is 2.81. The molecule has 0 saturated heterocycles. The Morgan fingerprint density at radius 1 is 1.06 bits per heavy atom. The van der Waals surface area contributed by atoms with Crippen molar-refractivity contribution < 1.29 is 26.3 Å². The molecule has 0 atom stereocenters. The van der Waals surface area contributed by atoms with Gasteiger partial charge in [-0.15, -0.1) is 10.2 Å². The van der Waals surface area contributed by atoms with Gasteiger partial charge in [0, 0.05) is 37.1 Å². The second-order valence-corrected chi connectivity index (χ2v) is 7.32. The zero-order valence-corrected chi connectivity index (χ0v) is 18.4. The first-order valence-corrected chi connectivity index (χ1v) is 9.63. The first-order chi connectivity index (χ1) is 15.7. The highest BCUT2D eigenvalue weighted by Crippen LogP contribution is 2.36. The first-order valence-electron chi connectivity index (χ1n) is 9.63. The molecule has 0 amide bonds. The fourth-order valence-corrected chi connectivity index (χ4v) is 3.20. The largest absolute Gasteiger partial charge is 0.416 e. The lowest BCUT2D eigenvalue weighted by atomic mass is 10.0. The summed E-state index contributed by atoms with van der Waals surface area (Å²) < 4.78 is 79.5. The molecule has 2 rings (SSSR count). The van der Waals surface area contributed by atoms with Crippen LogP contribution in [0.2, 0.25) is 0 Å². The van der Waals surface area contributed by atoms with E-state index in [2.05, 4.69) is 20.5 Å². The van der Waals surface area contributed by atoms with E-state index >= 15 is 0 Å².